The number of nitrogens with zero attached hydrogens (tertiary/aromatic N) is 1. The molecule has 102 valence electrons. The first kappa shape index (κ1) is 15.0. The van der Waals surface area contributed by atoms with Gasteiger partial charge in [0.25, 0.3) is 0 Å². The summed E-state index contributed by atoms with van der Waals surface area (Å²) in [4.78, 5) is 11.6. The Hall–Kier alpha value is -2.06. The molecular weight excluding hydrogens is 242 g/mol. The van der Waals surface area contributed by atoms with Crippen molar-refractivity contribution in [1.82, 2.24) is 5.32 Å². The number of nitrogens with one attached hydrogen (secondary N) is 2. The Morgan fingerprint density at radius 1 is 1.42 bits per heavy atom. The first-order valence-corrected chi connectivity index (χ1v) is 6.39. The van der Waals surface area contributed by atoms with Gasteiger partial charge in [-0.3, -0.25) is 0 Å². The van der Waals surface area contributed by atoms with Crippen molar-refractivity contribution >= 4 is 11.7 Å². The molecule has 0 aliphatic heterocycles. The fourth-order valence-corrected chi connectivity index (χ4v) is 1.52. The largest absolute Gasteiger partial charge is 0.382 e. The number of amides is 2. The average molecular weight is 261 g/mol. The van der Waals surface area contributed by atoms with Crippen LogP contribution in [-0.4, -0.2) is 25.8 Å². The lowest BCUT2D eigenvalue weighted by molar-refractivity contribution is 0.143. The van der Waals surface area contributed by atoms with E-state index in [0.29, 0.717) is 17.8 Å². The van der Waals surface area contributed by atoms with Gasteiger partial charge in [-0.25, -0.2) is 4.79 Å². The van der Waals surface area contributed by atoms with Crippen LogP contribution in [0.15, 0.2) is 24.3 Å². The Morgan fingerprint density at radius 3 is 3.00 bits per heavy atom. The summed E-state index contributed by atoms with van der Waals surface area (Å²) >= 11 is 0. The van der Waals surface area contributed by atoms with Crippen LogP contribution in [0.2, 0.25) is 0 Å². The summed E-state index contributed by atoms with van der Waals surface area (Å²) < 4.78 is 5.20. The lowest BCUT2D eigenvalue weighted by atomic mass is 10.2. The second-order valence-electron chi connectivity index (χ2n) is 3.98. The normalized spacial score (nSPS) is 9.68. The van der Waals surface area contributed by atoms with E-state index < -0.39 is 0 Å². The van der Waals surface area contributed by atoms with E-state index in [1.165, 1.54) is 0 Å². The van der Waals surface area contributed by atoms with Crippen molar-refractivity contribution in [3.05, 3.63) is 29.8 Å². The third-order valence-electron chi connectivity index (χ3n) is 2.45. The number of unbranched alkanes of at least 4 members (excludes halogenated alkanes) is 1. The summed E-state index contributed by atoms with van der Waals surface area (Å²) in [6.45, 7) is 4.02. The van der Waals surface area contributed by atoms with Crippen molar-refractivity contribution in [1.29, 1.82) is 5.26 Å². The molecule has 0 saturated carbocycles. The Kier molecular flexibility index (Phi) is 7.06. The fourth-order valence-electron chi connectivity index (χ4n) is 1.52. The van der Waals surface area contributed by atoms with Crippen LogP contribution >= 0.6 is 0 Å². The number of urea groups is 1. The van der Waals surface area contributed by atoms with Gasteiger partial charge in [-0.2, -0.15) is 5.26 Å². The SMILES string of the molecule is CCOCCCCNC(=O)Nc1cccc(C#N)c1. The summed E-state index contributed by atoms with van der Waals surface area (Å²) in [5.41, 5.74) is 1.14. The summed E-state index contributed by atoms with van der Waals surface area (Å²) in [7, 11) is 0. The van der Waals surface area contributed by atoms with Crippen LogP contribution in [0.25, 0.3) is 0 Å². The van der Waals surface area contributed by atoms with Crippen LogP contribution in [0.1, 0.15) is 25.3 Å². The second-order valence-corrected chi connectivity index (χ2v) is 3.98. The van der Waals surface area contributed by atoms with E-state index in [2.05, 4.69) is 10.6 Å². The predicted molar refractivity (Wildman–Crippen MR) is 73.9 cm³/mol. The number of anilines is 1. The highest BCUT2D eigenvalue weighted by atomic mass is 16.5. The van der Waals surface area contributed by atoms with Gasteiger partial charge in [0.15, 0.2) is 0 Å². The lowest BCUT2D eigenvalue weighted by Gasteiger charge is -2.07. The van der Waals surface area contributed by atoms with Crippen molar-refractivity contribution in [2.45, 2.75) is 19.8 Å². The molecule has 5 heteroatoms. The van der Waals surface area contributed by atoms with Gasteiger partial charge in [0.1, 0.15) is 0 Å². The van der Waals surface area contributed by atoms with E-state index in [0.717, 1.165) is 26.1 Å². The molecule has 1 aromatic carbocycles. The molecule has 0 fully saturated rings. The minimum absolute atomic E-state index is 0.258. The van der Waals surface area contributed by atoms with Crippen LogP contribution < -0.4 is 10.6 Å². The van der Waals surface area contributed by atoms with Gasteiger partial charge in [0.2, 0.25) is 0 Å². The lowest BCUT2D eigenvalue weighted by Crippen LogP contribution is -2.29. The van der Waals surface area contributed by atoms with Gasteiger partial charge in [0.05, 0.1) is 11.6 Å². The van der Waals surface area contributed by atoms with Gasteiger partial charge in [-0.1, -0.05) is 6.07 Å². The minimum Gasteiger partial charge on any atom is -0.382 e. The Morgan fingerprint density at radius 2 is 2.26 bits per heavy atom. The highest BCUT2D eigenvalue weighted by Gasteiger charge is 2.01. The Balaban J connectivity index is 2.22. The van der Waals surface area contributed by atoms with Gasteiger partial charge in [-0.15, -0.1) is 0 Å². The maximum Gasteiger partial charge on any atom is 0.319 e. The highest BCUT2D eigenvalue weighted by Crippen LogP contribution is 2.09. The molecule has 0 unspecified atom stereocenters. The van der Waals surface area contributed by atoms with Crippen molar-refractivity contribution < 1.29 is 9.53 Å². The van der Waals surface area contributed by atoms with Gasteiger partial charge >= 0.3 is 6.03 Å². The topological polar surface area (TPSA) is 74.2 Å². The summed E-state index contributed by atoms with van der Waals surface area (Å²) in [5.74, 6) is 0. The van der Waals surface area contributed by atoms with Gasteiger partial charge < -0.3 is 15.4 Å². The van der Waals surface area contributed by atoms with E-state index in [1.54, 1.807) is 24.3 Å². The smallest absolute Gasteiger partial charge is 0.319 e. The molecule has 0 saturated heterocycles. The molecular formula is C14H19N3O2. The number of carbonyl (C=O) groups excluding carboxylic acids is 1. The maximum absolute atomic E-state index is 11.6. The summed E-state index contributed by atoms with van der Waals surface area (Å²) in [6, 6.07) is 8.57. The predicted octanol–water partition coefficient (Wildman–Crippen LogP) is 2.50. The zero-order valence-electron chi connectivity index (χ0n) is 11.1. The number of benzene rings is 1. The minimum atomic E-state index is -0.258. The molecule has 0 bridgehead atoms. The Labute approximate surface area is 113 Å². The van der Waals surface area contributed by atoms with Crippen LogP contribution in [0.3, 0.4) is 0 Å². The number of nitriles is 1. The molecule has 19 heavy (non-hydrogen) atoms. The average Bonchev–Trinajstić information content (AvgIpc) is 2.43. The molecule has 0 heterocycles. The first-order valence-electron chi connectivity index (χ1n) is 6.39. The third kappa shape index (κ3) is 6.43. The monoisotopic (exact) mass is 261 g/mol. The molecule has 2 amide bonds. The van der Waals surface area contributed by atoms with Crippen molar-refractivity contribution in [3.8, 4) is 6.07 Å². The molecule has 0 aliphatic carbocycles. The van der Waals surface area contributed by atoms with Crippen LogP contribution in [0, 0.1) is 11.3 Å². The standard InChI is InChI=1S/C14H19N3O2/c1-2-19-9-4-3-8-16-14(18)17-13-7-5-6-12(10-13)11-15/h5-7,10H,2-4,8-9H2,1H3,(H2,16,17,18). The molecule has 5 nitrogen and oxygen atoms in total. The summed E-state index contributed by atoms with van der Waals surface area (Å²) in [6.07, 6.45) is 1.81. The Bertz CT molecular complexity index is 441. The number of carbonyl (C=O) groups is 1. The van der Waals surface area contributed by atoms with Crippen LogP contribution in [-0.2, 0) is 4.74 Å². The number of rotatable bonds is 7. The van der Waals surface area contributed by atoms with Crippen molar-refractivity contribution in [3.63, 3.8) is 0 Å². The van der Waals surface area contributed by atoms with Crippen LogP contribution in [0.4, 0.5) is 10.5 Å². The molecule has 1 rings (SSSR count). The molecule has 1 aromatic rings. The number of hydrogen-bond acceptors (Lipinski definition) is 3. The van der Waals surface area contributed by atoms with Crippen LogP contribution in [0.5, 0.6) is 0 Å². The van der Waals surface area contributed by atoms with E-state index in [1.807, 2.05) is 13.0 Å². The van der Waals surface area contributed by atoms with Gasteiger partial charge in [-0.05, 0) is 38.0 Å². The second kappa shape index (κ2) is 8.95. The zero-order valence-corrected chi connectivity index (χ0v) is 11.1. The molecule has 0 aromatic heterocycles. The first-order chi connectivity index (χ1) is 9.26. The van der Waals surface area contributed by atoms with Crippen molar-refractivity contribution in [2.24, 2.45) is 0 Å². The van der Waals surface area contributed by atoms with E-state index in [4.69, 9.17) is 10.00 Å². The molecule has 2 N–H and O–H groups in total. The summed E-state index contributed by atoms with van der Waals surface area (Å²) in [5, 5.41) is 14.2. The van der Waals surface area contributed by atoms with E-state index in [-0.39, 0.29) is 6.03 Å². The molecule has 0 atom stereocenters. The molecule has 0 aliphatic rings. The third-order valence-corrected chi connectivity index (χ3v) is 2.45. The number of ether oxygens (including phenoxy) is 1. The maximum atomic E-state index is 11.6. The van der Waals surface area contributed by atoms with E-state index in [9.17, 15) is 4.79 Å². The number of hydrogen-bond donors (Lipinski definition) is 2. The molecule has 0 spiro atoms. The van der Waals surface area contributed by atoms with E-state index >= 15 is 0 Å². The molecule has 0 radical (unpaired) electrons. The quantitative estimate of drug-likeness (QED) is 0.740. The zero-order chi connectivity index (χ0) is 13.9. The highest BCUT2D eigenvalue weighted by molar-refractivity contribution is 5.89. The fraction of sp³-hybridized carbons (Fsp3) is 0.429. The van der Waals surface area contributed by atoms with Gasteiger partial charge in [0, 0.05) is 25.4 Å². The van der Waals surface area contributed by atoms with Crippen molar-refractivity contribution in [2.75, 3.05) is 25.1 Å².